The number of ether oxygens (including phenoxy) is 1. The Hall–Kier alpha value is -4.30. The van der Waals surface area contributed by atoms with Gasteiger partial charge in [0.15, 0.2) is 5.17 Å². The third-order valence-electron chi connectivity index (χ3n) is 6.23. The van der Waals surface area contributed by atoms with Crippen molar-refractivity contribution in [2.24, 2.45) is 4.99 Å². The average Bonchev–Trinajstić information content (AvgIpc) is 3.26. The second-order valence-corrected chi connectivity index (χ2v) is 11.1. The van der Waals surface area contributed by atoms with Gasteiger partial charge in [0.05, 0.1) is 22.8 Å². The summed E-state index contributed by atoms with van der Waals surface area (Å²) in [7, 11) is 0. The first-order valence-corrected chi connectivity index (χ1v) is 14.6. The SMILES string of the molecule is CCCOc1ccc(NC(=O)C[C@H]2SC(=Nc3ccc(Cl)cc3)N(CCNc3ccc(C(F)(F)F)cc3[N+](=O)[O-])C2=O)cc1. The molecule has 0 aliphatic carbocycles. The maximum Gasteiger partial charge on any atom is 0.416 e. The van der Waals surface area contributed by atoms with E-state index in [9.17, 15) is 32.9 Å². The van der Waals surface area contributed by atoms with Gasteiger partial charge in [-0.05, 0) is 67.1 Å². The van der Waals surface area contributed by atoms with E-state index in [1.54, 1.807) is 48.5 Å². The highest BCUT2D eigenvalue weighted by atomic mass is 35.5. The Morgan fingerprint density at radius 1 is 1.14 bits per heavy atom. The molecule has 0 aromatic heterocycles. The maximum absolute atomic E-state index is 13.4. The molecule has 1 heterocycles. The number of carbonyl (C=O) groups is 2. The van der Waals surface area contributed by atoms with Crippen LogP contribution in [0.3, 0.4) is 0 Å². The van der Waals surface area contributed by atoms with Crippen molar-refractivity contribution in [1.29, 1.82) is 0 Å². The molecule has 10 nitrogen and oxygen atoms in total. The minimum atomic E-state index is -4.75. The summed E-state index contributed by atoms with van der Waals surface area (Å²) in [5.41, 5.74) is -1.02. The number of nitrogens with zero attached hydrogens (tertiary/aromatic N) is 3. The van der Waals surface area contributed by atoms with Crippen molar-refractivity contribution in [2.75, 3.05) is 30.3 Å². The first-order chi connectivity index (χ1) is 20.9. The van der Waals surface area contributed by atoms with Crippen LogP contribution in [0.2, 0.25) is 5.02 Å². The molecule has 0 saturated carbocycles. The largest absolute Gasteiger partial charge is 0.494 e. The monoisotopic (exact) mass is 649 g/mol. The molecule has 1 aliphatic heterocycles. The average molecular weight is 650 g/mol. The van der Waals surface area contributed by atoms with Gasteiger partial charge < -0.3 is 15.4 Å². The van der Waals surface area contributed by atoms with E-state index in [2.05, 4.69) is 15.6 Å². The van der Waals surface area contributed by atoms with Crippen LogP contribution < -0.4 is 15.4 Å². The predicted octanol–water partition coefficient (Wildman–Crippen LogP) is 7.13. The number of rotatable bonds is 12. The number of halogens is 4. The van der Waals surface area contributed by atoms with Crippen LogP contribution in [0.5, 0.6) is 5.75 Å². The molecule has 1 atom stereocenters. The smallest absolute Gasteiger partial charge is 0.416 e. The molecule has 1 fully saturated rings. The number of nitrogens with one attached hydrogen (secondary N) is 2. The first-order valence-electron chi connectivity index (χ1n) is 13.4. The van der Waals surface area contributed by atoms with Crippen LogP contribution in [0.15, 0.2) is 71.7 Å². The number of carbonyl (C=O) groups excluding carboxylic acids is 2. The van der Waals surface area contributed by atoms with Crippen LogP contribution in [0.1, 0.15) is 25.3 Å². The fourth-order valence-electron chi connectivity index (χ4n) is 4.10. The molecule has 2 amide bonds. The van der Waals surface area contributed by atoms with Gasteiger partial charge in [0.25, 0.3) is 5.69 Å². The molecule has 44 heavy (non-hydrogen) atoms. The molecule has 3 aromatic rings. The summed E-state index contributed by atoms with van der Waals surface area (Å²) in [4.78, 5) is 42.7. The van der Waals surface area contributed by atoms with Gasteiger partial charge in [-0.3, -0.25) is 24.6 Å². The van der Waals surface area contributed by atoms with Crippen LogP contribution in [0.4, 0.5) is 35.9 Å². The Bertz CT molecular complexity index is 1540. The fraction of sp³-hybridized carbons (Fsp3) is 0.276. The first kappa shape index (κ1) is 32.6. The van der Waals surface area contributed by atoms with E-state index in [1.165, 1.54) is 4.90 Å². The standard InChI is InChI=1S/C29H27ClF3N5O5S/c1-2-15-43-22-10-8-20(9-11-22)35-26(39)17-25-27(40)37(28(44-25)36-21-6-4-19(30)5-7-21)14-13-34-23-12-3-18(29(31,32)33)16-24(23)38(41)42/h3-12,16,25,34H,2,13-15,17H2,1H3,(H,35,39)/t25-/m1/s1. The molecule has 0 spiro atoms. The van der Waals surface area contributed by atoms with E-state index in [1.807, 2.05) is 6.92 Å². The Morgan fingerprint density at radius 2 is 1.84 bits per heavy atom. The van der Waals surface area contributed by atoms with Gasteiger partial charge >= 0.3 is 6.18 Å². The second kappa shape index (κ2) is 14.4. The summed E-state index contributed by atoms with van der Waals surface area (Å²) in [5, 5.41) is 16.9. The van der Waals surface area contributed by atoms with E-state index in [4.69, 9.17) is 16.3 Å². The number of nitro groups is 1. The summed E-state index contributed by atoms with van der Waals surface area (Å²) in [6.07, 6.45) is -4.05. The molecular formula is C29H27ClF3N5O5S. The number of hydrogen-bond acceptors (Lipinski definition) is 8. The van der Waals surface area contributed by atoms with Crippen LogP contribution in [0, 0.1) is 10.1 Å². The molecule has 0 unspecified atom stereocenters. The molecule has 3 aromatic carbocycles. The summed E-state index contributed by atoms with van der Waals surface area (Å²) in [6, 6.07) is 15.6. The normalized spacial score (nSPS) is 15.8. The Morgan fingerprint density at radius 3 is 2.48 bits per heavy atom. The van der Waals surface area contributed by atoms with Gasteiger partial charge in [0.1, 0.15) is 16.7 Å². The van der Waals surface area contributed by atoms with Gasteiger partial charge in [-0.15, -0.1) is 0 Å². The van der Waals surface area contributed by atoms with Crippen molar-refractivity contribution in [1.82, 2.24) is 4.90 Å². The van der Waals surface area contributed by atoms with Gasteiger partial charge in [-0.1, -0.05) is 30.3 Å². The van der Waals surface area contributed by atoms with Crippen LogP contribution in [-0.4, -0.2) is 51.8 Å². The molecule has 2 N–H and O–H groups in total. The third kappa shape index (κ3) is 8.63. The molecule has 1 aliphatic rings. The van der Waals surface area contributed by atoms with Gasteiger partial charge in [-0.25, -0.2) is 4.99 Å². The van der Waals surface area contributed by atoms with E-state index in [-0.39, 0.29) is 30.4 Å². The summed E-state index contributed by atoms with van der Waals surface area (Å²) in [6.45, 7) is 2.47. The van der Waals surface area contributed by atoms with Crippen molar-refractivity contribution in [2.45, 2.75) is 31.2 Å². The molecular weight excluding hydrogens is 623 g/mol. The number of hydrogen-bond donors (Lipinski definition) is 2. The number of nitro benzene ring substituents is 1. The zero-order valence-electron chi connectivity index (χ0n) is 23.3. The van der Waals surface area contributed by atoms with Crippen LogP contribution >= 0.6 is 23.4 Å². The molecule has 232 valence electrons. The van der Waals surface area contributed by atoms with Crippen LogP contribution in [-0.2, 0) is 15.8 Å². The molecule has 0 bridgehead atoms. The topological polar surface area (TPSA) is 126 Å². The number of amides is 2. The quantitative estimate of drug-likeness (QED) is 0.158. The van der Waals surface area contributed by atoms with Crippen molar-refractivity contribution in [3.05, 3.63) is 87.4 Å². The van der Waals surface area contributed by atoms with Gasteiger partial charge in [0.2, 0.25) is 11.8 Å². The third-order valence-corrected chi connectivity index (χ3v) is 7.65. The highest BCUT2D eigenvalue weighted by Gasteiger charge is 2.39. The number of benzene rings is 3. The van der Waals surface area contributed by atoms with E-state index in [0.717, 1.165) is 30.3 Å². The lowest BCUT2D eigenvalue weighted by atomic mass is 10.1. The Kier molecular flexibility index (Phi) is 10.7. The van der Waals surface area contributed by atoms with E-state index >= 15 is 0 Å². The van der Waals surface area contributed by atoms with Crippen molar-refractivity contribution < 1.29 is 32.4 Å². The number of thioether (sulfide) groups is 1. The van der Waals surface area contributed by atoms with Crippen molar-refractivity contribution in [3.63, 3.8) is 0 Å². The summed E-state index contributed by atoms with van der Waals surface area (Å²) < 4.78 is 44.7. The Labute approximate surface area is 259 Å². The lowest BCUT2D eigenvalue weighted by Crippen LogP contribution is -2.36. The number of anilines is 2. The van der Waals surface area contributed by atoms with Crippen molar-refractivity contribution >= 4 is 63.1 Å². The highest BCUT2D eigenvalue weighted by molar-refractivity contribution is 8.15. The second-order valence-electron chi connectivity index (χ2n) is 9.51. The lowest BCUT2D eigenvalue weighted by molar-refractivity contribution is -0.384. The minimum absolute atomic E-state index is 0.0340. The number of alkyl halides is 3. The molecule has 1 saturated heterocycles. The summed E-state index contributed by atoms with van der Waals surface area (Å²) >= 11 is 7.05. The minimum Gasteiger partial charge on any atom is -0.494 e. The fourth-order valence-corrected chi connectivity index (χ4v) is 5.41. The van der Waals surface area contributed by atoms with Crippen molar-refractivity contribution in [3.8, 4) is 5.75 Å². The molecule has 15 heteroatoms. The van der Waals surface area contributed by atoms with E-state index < -0.39 is 39.4 Å². The molecule has 0 radical (unpaired) electrons. The predicted molar refractivity (Wildman–Crippen MR) is 164 cm³/mol. The zero-order chi connectivity index (χ0) is 31.9. The molecule has 4 rings (SSSR count). The maximum atomic E-state index is 13.4. The summed E-state index contributed by atoms with van der Waals surface area (Å²) in [5.74, 6) is -0.144. The number of amidine groups is 1. The lowest BCUT2D eigenvalue weighted by Gasteiger charge is -2.18. The van der Waals surface area contributed by atoms with E-state index in [0.29, 0.717) is 34.8 Å². The Balaban J connectivity index is 1.47. The highest BCUT2D eigenvalue weighted by Crippen LogP contribution is 2.36. The van der Waals surface area contributed by atoms with Crippen LogP contribution in [0.25, 0.3) is 0 Å². The van der Waals surface area contributed by atoms with Gasteiger partial charge in [0, 0.05) is 36.3 Å². The number of aliphatic imine (C=N–C) groups is 1. The zero-order valence-corrected chi connectivity index (χ0v) is 24.8. The van der Waals surface area contributed by atoms with Gasteiger partial charge in [-0.2, -0.15) is 13.2 Å².